The molecule has 0 aromatic carbocycles. The average Bonchev–Trinajstić information content (AvgIpc) is 2.68. The van der Waals surface area contributed by atoms with Gasteiger partial charge in [0.2, 0.25) is 0 Å². The first kappa shape index (κ1) is 13.2. The molecule has 0 spiro atoms. The zero-order valence-corrected chi connectivity index (χ0v) is 8.17. The van der Waals surface area contributed by atoms with Gasteiger partial charge in [-0.3, -0.25) is 0 Å². The molecule has 0 bridgehead atoms. The first-order valence-electron chi connectivity index (χ1n) is 4.13. The number of rotatable bonds is 4. The van der Waals surface area contributed by atoms with Crippen LogP contribution in [0.4, 0.5) is 0 Å². The maximum Gasteiger partial charge on any atom is 0.338 e. The summed E-state index contributed by atoms with van der Waals surface area (Å²) in [6.07, 6.45) is 2.51. The number of aromatic carboxylic acids is 1. The lowest BCUT2D eigenvalue weighted by molar-refractivity contribution is -0.142. The standard InChI is InChI=1S/C5H4O3.C4H8O3/c6-5(7)4-1-2-8-3-4;1-2-7-3-4(5)6/h1-3H,(H,6,7);2-3H2,1H3,(H,5,6). The van der Waals surface area contributed by atoms with Crippen molar-refractivity contribution in [3.63, 3.8) is 0 Å². The van der Waals surface area contributed by atoms with Gasteiger partial charge in [0.25, 0.3) is 0 Å². The molecule has 6 heteroatoms. The summed E-state index contributed by atoms with van der Waals surface area (Å²) < 4.78 is 8.99. The van der Waals surface area contributed by atoms with E-state index in [0.29, 0.717) is 6.61 Å². The summed E-state index contributed by atoms with van der Waals surface area (Å²) in [5.74, 6) is -1.87. The van der Waals surface area contributed by atoms with E-state index in [2.05, 4.69) is 9.15 Å². The molecule has 0 aliphatic carbocycles. The molecule has 0 amide bonds. The van der Waals surface area contributed by atoms with E-state index in [4.69, 9.17) is 10.2 Å². The van der Waals surface area contributed by atoms with Crippen LogP contribution in [0.5, 0.6) is 0 Å². The van der Waals surface area contributed by atoms with Gasteiger partial charge < -0.3 is 19.4 Å². The molecule has 0 aliphatic heterocycles. The molecule has 1 heterocycles. The van der Waals surface area contributed by atoms with Crippen molar-refractivity contribution in [1.29, 1.82) is 0 Å². The molecular formula is C9H12O6. The summed E-state index contributed by atoms with van der Waals surface area (Å²) in [4.78, 5) is 19.6. The normalized spacial score (nSPS) is 8.87. The predicted molar refractivity (Wildman–Crippen MR) is 49.8 cm³/mol. The summed E-state index contributed by atoms with van der Waals surface area (Å²) >= 11 is 0. The van der Waals surface area contributed by atoms with Crippen molar-refractivity contribution in [1.82, 2.24) is 0 Å². The Morgan fingerprint density at radius 1 is 1.47 bits per heavy atom. The van der Waals surface area contributed by atoms with E-state index in [1.54, 1.807) is 6.92 Å². The second-order valence-electron chi connectivity index (χ2n) is 2.35. The molecule has 1 aromatic rings. The molecule has 84 valence electrons. The monoisotopic (exact) mass is 216 g/mol. The minimum Gasteiger partial charge on any atom is -0.480 e. The highest BCUT2D eigenvalue weighted by atomic mass is 16.5. The van der Waals surface area contributed by atoms with Crippen molar-refractivity contribution >= 4 is 11.9 Å². The number of hydrogen-bond acceptors (Lipinski definition) is 4. The molecule has 0 fully saturated rings. The molecule has 0 radical (unpaired) electrons. The van der Waals surface area contributed by atoms with E-state index in [0.717, 1.165) is 0 Å². The third-order valence-electron chi connectivity index (χ3n) is 1.20. The van der Waals surface area contributed by atoms with Crippen LogP contribution in [0.15, 0.2) is 23.0 Å². The third kappa shape index (κ3) is 7.27. The van der Waals surface area contributed by atoms with Crippen molar-refractivity contribution in [3.8, 4) is 0 Å². The van der Waals surface area contributed by atoms with E-state index >= 15 is 0 Å². The van der Waals surface area contributed by atoms with Crippen LogP contribution in [0.25, 0.3) is 0 Å². The Bertz CT molecular complexity index is 290. The molecule has 1 aromatic heterocycles. The molecule has 0 saturated carbocycles. The second-order valence-corrected chi connectivity index (χ2v) is 2.35. The van der Waals surface area contributed by atoms with Gasteiger partial charge in [-0.25, -0.2) is 9.59 Å². The van der Waals surface area contributed by atoms with Crippen LogP contribution in [0.2, 0.25) is 0 Å². The zero-order chi connectivity index (χ0) is 11.7. The molecular weight excluding hydrogens is 204 g/mol. The molecule has 15 heavy (non-hydrogen) atoms. The van der Waals surface area contributed by atoms with Crippen molar-refractivity contribution in [2.45, 2.75) is 6.92 Å². The molecule has 2 N–H and O–H groups in total. The van der Waals surface area contributed by atoms with Crippen LogP contribution in [0, 0.1) is 0 Å². The average molecular weight is 216 g/mol. The maximum atomic E-state index is 10.0. The molecule has 6 nitrogen and oxygen atoms in total. The van der Waals surface area contributed by atoms with E-state index in [1.165, 1.54) is 18.6 Å². The van der Waals surface area contributed by atoms with Crippen LogP contribution in [0.1, 0.15) is 17.3 Å². The lowest BCUT2D eigenvalue weighted by Gasteiger charge is -1.90. The molecule has 0 unspecified atom stereocenters. The molecule has 1 rings (SSSR count). The van der Waals surface area contributed by atoms with Gasteiger partial charge in [0.15, 0.2) is 0 Å². The Morgan fingerprint density at radius 3 is 2.33 bits per heavy atom. The fourth-order valence-electron chi connectivity index (χ4n) is 0.576. The van der Waals surface area contributed by atoms with Gasteiger partial charge in [-0.1, -0.05) is 0 Å². The van der Waals surface area contributed by atoms with Gasteiger partial charge in [0, 0.05) is 6.61 Å². The molecule has 0 aliphatic rings. The highest BCUT2D eigenvalue weighted by molar-refractivity contribution is 5.86. The first-order valence-corrected chi connectivity index (χ1v) is 4.13. The van der Waals surface area contributed by atoms with Gasteiger partial charge in [-0.05, 0) is 13.0 Å². The Balaban J connectivity index is 0.000000265. The van der Waals surface area contributed by atoms with Crippen molar-refractivity contribution in [3.05, 3.63) is 24.2 Å². The predicted octanol–water partition coefficient (Wildman–Crippen LogP) is 1.09. The first-order chi connectivity index (χ1) is 7.07. The SMILES string of the molecule is CCOCC(=O)O.O=C(O)c1ccoc1. The fourth-order valence-corrected chi connectivity index (χ4v) is 0.576. The highest BCUT2D eigenvalue weighted by Crippen LogP contribution is 1.97. The van der Waals surface area contributed by atoms with Crippen LogP contribution in [0.3, 0.4) is 0 Å². The second kappa shape index (κ2) is 7.57. The number of ether oxygens (including phenoxy) is 1. The lowest BCUT2D eigenvalue weighted by Crippen LogP contribution is -2.05. The fraction of sp³-hybridized carbons (Fsp3) is 0.333. The molecule has 0 atom stereocenters. The van der Waals surface area contributed by atoms with E-state index in [9.17, 15) is 9.59 Å². The number of aliphatic carboxylic acids is 1. The maximum absolute atomic E-state index is 10.0. The van der Waals surface area contributed by atoms with Crippen molar-refractivity contribution < 1.29 is 29.0 Å². The minimum atomic E-state index is -0.959. The number of furan rings is 1. The van der Waals surface area contributed by atoms with Gasteiger partial charge in [-0.2, -0.15) is 0 Å². The zero-order valence-electron chi connectivity index (χ0n) is 8.17. The van der Waals surface area contributed by atoms with Crippen LogP contribution in [-0.2, 0) is 9.53 Å². The lowest BCUT2D eigenvalue weighted by atomic mass is 10.4. The third-order valence-corrected chi connectivity index (χ3v) is 1.20. The van der Waals surface area contributed by atoms with Gasteiger partial charge in [-0.15, -0.1) is 0 Å². The molecule has 0 saturated heterocycles. The van der Waals surface area contributed by atoms with Crippen molar-refractivity contribution in [2.24, 2.45) is 0 Å². The number of carboxylic acids is 2. The Labute approximate surface area is 86.1 Å². The number of hydrogen-bond donors (Lipinski definition) is 2. The number of carbonyl (C=O) groups is 2. The topological polar surface area (TPSA) is 97.0 Å². The van der Waals surface area contributed by atoms with Crippen molar-refractivity contribution in [2.75, 3.05) is 13.2 Å². The Morgan fingerprint density at radius 2 is 2.13 bits per heavy atom. The van der Waals surface area contributed by atoms with Gasteiger partial charge in [0.1, 0.15) is 12.9 Å². The Kier molecular flexibility index (Phi) is 6.65. The van der Waals surface area contributed by atoms with Gasteiger partial charge >= 0.3 is 11.9 Å². The van der Waals surface area contributed by atoms with Crippen LogP contribution >= 0.6 is 0 Å². The summed E-state index contributed by atoms with van der Waals surface area (Å²) in [5.41, 5.74) is 0.185. The minimum absolute atomic E-state index is 0.184. The number of carboxylic acid groups (broad SMARTS) is 2. The summed E-state index contributed by atoms with van der Waals surface area (Å²) in [6.45, 7) is 2.03. The van der Waals surface area contributed by atoms with Gasteiger partial charge in [0.05, 0.1) is 11.8 Å². The summed E-state index contributed by atoms with van der Waals surface area (Å²) in [7, 11) is 0. The summed E-state index contributed by atoms with van der Waals surface area (Å²) in [5, 5.41) is 16.1. The van der Waals surface area contributed by atoms with E-state index in [-0.39, 0.29) is 12.2 Å². The van der Waals surface area contributed by atoms with E-state index in [1.807, 2.05) is 0 Å². The smallest absolute Gasteiger partial charge is 0.338 e. The van der Waals surface area contributed by atoms with E-state index < -0.39 is 11.9 Å². The summed E-state index contributed by atoms with van der Waals surface area (Å²) in [6, 6.07) is 1.39. The van der Waals surface area contributed by atoms with Crippen LogP contribution in [-0.4, -0.2) is 35.4 Å². The quantitative estimate of drug-likeness (QED) is 0.781. The highest BCUT2D eigenvalue weighted by Gasteiger charge is 2.00. The Hall–Kier alpha value is -1.82. The van der Waals surface area contributed by atoms with Crippen LogP contribution < -0.4 is 0 Å². The largest absolute Gasteiger partial charge is 0.480 e.